The number of hydrogen-bond donors (Lipinski definition) is 1. The molecule has 0 radical (unpaired) electrons. The number of nitrogens with zero attached hydrogens (tertiary/aromatic N) is 1. The normalized spacial score (nSPS) is 17.3. The second-order valence-electron chi connectivity index (χ2n) is 3.96. The molecule has 1 aliphatic heterocycles. The van der Waals surface area contributed by atoms with Gasteiger partial charge in [0.25, 0.3) is 0 Å². The van der Waals surface area contributed by atoms with Crippen LogP contribution in [0.2, 0.25) is 0 Å². The minimum atomic E-state index is -3.74. The number of carboxylic acid groups (broad SMARTS) is 1. The van der Waals surface area contributed by atoms with Crippen molar-refractivity contribution in [2.24, 2.45) is 0 Å². The van der Waals surface area contributed by atoms with E-state index < -0.39 is 27.4 Å². The number of hydrogen-bond acceptors (Lipinski definition) is 4. The van der Waals surface area contributed by atoms with Crippen LogP contribution in [0.3, 0.4) is 0 Å². The zero-order chi connectivity index (χ0) is 14.0. The Balaban J connectivity index is 2.40. The summed E-state index contributed by atoms with van der Waals surface area (Å²) >= 11 is 1.66. The first-order chi connectivity index (χ1) is 8.93. The van der Waals surface area contributed by atoms with Gasteiger partial charge in [-0.3, -0.25) is 0 Å². The molecule has 8 heteroatoms. The molecule has 1 aromatic rings. The van der Waals surface area contributed by atoms with Crippen LogP contribution in [-0.4, -0.2) is 48.4 Å². The molecule has 104 valence electrons. The van der Waals surface area contributed by atoms with Crippen molar-refractivity contribution in [3.63, 3.8) is 0 Å². The van der Waals surface area contributed by atoms with E-state index in [1.807, 2.05) is 0 Å². The molecule has 0 aliphatic carbocycles. The number of carboxylic acids is 1. The Morgan fingerprint density at radius 3 is 2.53 bits per heavy atom. The number of rotatable bonds is 3. The van der Waals surface area contributed by atoms with Crippen LogP contribution in [0.5, 0.6) is 0 Å². The monoisotopic (exact) mass is 305 g/mol. The van der Waals surface area contributed by atoms with Gasteiger partial charge >= 0.3 is 5.97 Å². The molecule has 0 bridgehead atoms. The van der Waals surface area contributed by atoms with Gasteiger partial charge in [0.1, 0.15) is 5.82 Å². The summed E-state index contributed by atoms with van der Waals surface area (Å²) in [6, 6.07) is 2.84. The van der Waals surface area contributed by atoms with Crippen molar-refractivity contribution in [2.45, 2.75) is 4.90 Å². The second kappa shape index (κ2) is 5.48. The van der Waals surface area contributed by atoms with Crippen LogP contribution in [-0.2, 0) is 10.0 Å². The fraction of sp³-hybridized carbons (Fsp3) is 0.364. The van der Waals surface area contributed by atoms with Crippen LogP contribution >= 0.6 is 11.8 Å². The predicted octanol–water partition coefficient (Wildman–Crippen LogP) is 1.26. The molecule has 19 heavy (non-hydrogen) atoms. The van der Waals surface area contributed by atoms with E-state index in [-0.39, 0.29) is 4.90 Å². The predicted molar refractivity (Wildman–Crippen MR) is 69.4 cm³/mol. The summed E-state index contributed by atoms with van der Waals surface area (Å²) in [4.78, 5) is 10.6. The third kappa shape index (κ3) is 2.90. The molecule has 0 unspecified atom stereocenters. The van der Waals surface area contributed by atoms with E-state index >= 15 is 0 Å². The summed E-state index contributed by atoms with van der Waals surface area (Å²) in [5, 5.41) is 8.81. The molecule has 0 spiro atoms. The molecule has 0 atom stereocenters. The van der Waals surface area contributed by atoms with E-state index in [9.17, 15) is 17.6 Å². The highest BCUT2D eigenvalue weighted by atomic mass is 32.2. The van der Waals surface area contributed by atoms with Gasteiger partial charge in [-0.1, -0.05) is 0 Å². The van der Waals surface area contributed by atoms with Crippen LogP contribution in [0, 0.1) is 5.82 Å². The van der Waals surface area contributed by atoms with Crippen molar-refractivity contribution in [3.8, 4) is 0 Å². The van der Waals surface area contributed by atoms with Gasteiger partial charge in [0.15, 0.2) is 0 Å². The number of aromatic carboxylic acids is 1. The fourth-order valence-electron chi connectivity index (χ4n) is 1.76. The zero-order valence-corrected chi connectivity index (χ0v) is 11.5. The molecule has 0 aromatic heterocycles. The van der Waals surface area contributed by atoms with Gasteiger partial charge in [-0.05, 0) is 18.2 Å². The maximum Gasteiger partial charge on any atom is 0.338 e. The highest BCUT2D eigenvalue weighted by molar-refractivity contribution is 7.99. The van der Waals surface area contributed by atoms with Crippen LogP contribution in [0.4, 0.5) is 4.39 Å². The van der Waals surface area contributed by atoms with Crippen molar-refractivity contribution >= 4 is 27.8 Å². The summed E-state index contributed by atoms with van der Waals surface area (Å²) in [6.45, 7) is 0.763. The molecular weight excluding hydrogens is 293 g/mol. The molecule has 2 rings (SSSR count). The Morgan fingerprint density at radius 2 is 1.95 bits per heavy atom. The first-order valence-corrected chi connectivity index (χ1v) is 8.13. The van der Waals surface area contributed by atoms with Crippen molar-refractivity contribution in [1.82, 2.24) is 4.31 Å². The lowest BCUT2D eigenvalue weighted by Gasteiger charge is -2.25. The SMILES string of the molecule is O=C(O)c1cc(S(=O)(=O)N2CCSCC2)ccc1F. The number of thioether (sulfide) groups is 1. The summed E-state index contributed by atoms with van der Waals surface area (Å²) in [6.07, 6.45) is 0. The van der Waals surface area contributed by atoms with E-state index in [0.717, 1.165) is 18.2 Å². The van der Waals surface area contributed by atoms with E-state index in [4.69, 9.17) is 5.11 Å². The third-order valence-corrected chi connectivity index (χ3v) is 5.61. The zero-order valence-electron chi connectivity index (χ0n) is 9.87. The lowest BCUT2D eigenvalue weighted by molar-refractivity contribution is 0.0691. The molecule has 1 heterocycles. The van der Waals surface area contributed by atoms with E-state index in [1.54, 1.807) is 11.8 Å². The number of sulfonamides is 1. The van der Waals surface area contributed by atoms with Gasteiger partial charge in [-0.25, -0.2) is 17.6 Å². The molecular formula is C11H12FNO4S2. The topological polar surface area (TPSA) is 74.7 Å². The maximum absolute atomic E-state index is 13.3. The lowest BCUT2D eigenvalue weighted by Crippen LogP contribution is -2.37. The molecule has 0 amide bonds. The lowest BCUT2D eigenvalue weighted by atomic mass is 10.2. The molecule has 1 N–H and O–H groups in total. The standard InChI is InChI=1S/C11H12FNO4S2/c12-10-2-1-8(7-9(10)11(14)15)19(16,17)13-3-5-18-6-4-13/h1-2,7H,3-6H2,(H,14,15). The second-order valence-corrected chi connectivity index (χ2v) is 7.13. The third-order valence-electron chi connectivity index (χ3n) is 2.78. The smallest absolute Gasteiger partial charge is 0.338 e. The van der Waals surface area contributed by atoms with Gasteiger partial charge in [0.2, 0.25) is 10.0 Å². The van der Waals surface area contributed by atoms with Crippen LogP contribution in [0.25, 0.3) is 0 Å². The molecule has 1 fully saturated rings. The van der Waals surface area contributed by atoms with Crippen molar-refractivity contribution < 1.29 is 22.7 Å². The molecule has 1 aliphatic rings. The Labute approximate surface area is 114 Å². The quantitative estimate of drug-likeness (QED) is 0.910. The Morgan fingerprint density at radius 1 is 1.32 bits per heavy atom. The average Bonchev–Trinajstić information content (AvgIpc) is 2.39. The Kier molecular flexibility index (Phi) is 4.12. The van der Waals surface area contributed by atoms with Crippen molar-refractivity contribution in [1.29, 1.82) is 0 Å². The summed E-state index contributed by atoms with van der Waals surface area (Å²) in [5.74, 6) is -1.03. The molecule has 0 saturated carbocycles. The van der Waals surface area contributed by atoms with Crippen LogP contribution < -0.4 is 0 Å². The Hall–Kier alpha value is -1.12. The molecule has 5 nitrogen and oxygen atoms in total. The minimum absolute atomic E-state index is 0.182. The van der Waals surface area contributed by atoms with Gasteiger partial charge in [0, 0.05) is 24.6 Å². The maximum atomic E-state index is 13.3. The van der Waals surface area contributed by atoms with E-state index in [2.05, 4.69) is 0 Å². The number of halogens is 1. The summed E-state index contributed by atoms with van der Waals surface area (Å²) in [7, 11) is -3.74. The van der Waals surface area contributed by atoms with Gasteiger partial charge in [0.05, 0.1) is 10.5 Å². The average molecular weight is 305 g/mol. The van der Waals surface area contributed by atoms with Crippen molar-refractivity contribution in [3.05, 3.63) is 29.6 Å². The number of benzene rings is 1. The highest BCUT2D eigenvalue weighted by Gasteiger charge is 2.27. The highest BCUT2D eigenvalue weighted by Crippen LogP contribution is 2.22. The first kappa shape index (κ1) is 14.3. The van der Waals surface area contributed by atoms with Gasteiger partial charge < -0.3 is 5.11 Å². The minimum Gasteiger partial charge on any atom is -0.478 e. The fourth-order valence-corrected chi connectivity index (χ4v) is 4.37. The largest absolute Gasteiger partial charge is 0.478 e. The van der Waals surface area contributed by atoms with Crippen LogP contribution in [0.15, 0.2) is 23.1 Å². The van der Waals surface area contributed by atoms with E-state index in [0.29, 0.717) is 24.6 Å². The summed E-state index contributed by atoms with van der Waals surface area (Å²) < 4.78 is 39.1. The van der Waals surface area contributed by atoms with E-state index in [1.165, 1.54) is 4.31 Å². The molecule has 1 saturated heterocycles. The Bertz CT molecular complexity index is 597. The number of carbonyl (C=O) groups is 1. The van der Waals surface area contributed by atoms with Crippen molar-refractivity contribution in [2.75, 3.05) is 24.6 Å². The molecule has 1 aromatic carbocycles. The van der Waals surface area contributed by atoms with Gasteiger partial charge in [-0.15, -0.1) is 0 Å². The van der Waals surface area contributed by atoms with Crippen LogP contribution in [0.1, 0.15) is 10.4 Å². The first-order valence-electron chi connectivity index (χ1n) is 5.53. The summed E-state index contributed by atoms with van der Waals surface area (Å²) in [5.41, 5.74) is -0.632. The van der Waals surface area contributed by atoms with Gasteiger partial charge in [-0.2, -0.15) is 16.1 Å².